The summed E-state index contributed by atoms with van der Waals surface area (Å²) in [5.74, 6) is 0. The van der Waals surface area contributed by atoms with Crippen molar-refractivity contribution >= 4 is 0 Å². The predicted octanol–water partition coefficient (Wildman–Crippen LogP) is 4.27. The summed E-state index contributed by atoms with van der Waals surface area (Å²) in [5, 5.41) is 0. The average molecular weight is 243 g/mol. The second-order valence-corrected chi connectivity index (χ2v) is 5.11. The minimum absolute atomic E-state index is 1.02. The summed E-state index contributed by atoms with van der Waals surface area (Å²) in [7, 11) is 2.15. The van der Waals surface area contributed by atoms with Gasteiger partial charge >= 0.3 is 0 Å². The smallest absolute Gasteiger partial charge is 0.0230 e. The topological polar surface area (TPSA) is 3.24 Å². The van der Waals surface area contributed by atoms with Gasteiger partial charge < -0.3 is 4.90 Å². The molecule has 0 bridgehead atoms. The van der Waals surface area contributed by atoms with E-state index in [-0.39, 0.29) is 0 Å². The van der Waals surface area contributed by atoms with E-state index >= 15 is 0 Å². The van der Waals surface area contributed by atoms with Gasteiger partial charge in [0.05, 0.1) is 0 Å². The molecule has 0 aromatic rings. The summed E-state index contributed by atoms with van der Waals surface area (Å²) in [5.41, 5.74) is 5.14. The van der Waals surface area contributed by atoms with Crippen molar-refractivity contribution in [3.05, 3.63) is 59.3 Å². The van der Waals surface area contributed by atoms with E-state index in [1.165, 1.54) is 16.7 Å². The lowest BCUT2D eigenvalue weighted by Gasteiger charge is -2.17. The Bertz CT molecular complexity index is 419. The third-order valence-corrected chi connectivity index (χ3v) is 2.94. The Hall–Kier alpha value is -1.34. The van der Waals surface area contributed by atoms with Gasteiger partial charge in [-0.15, -0.1) is 0 Å². The first-order valence-corrected chi connectivity index (χ1v) is 6.61. The lowest BCUT2D eigenvalue weighted by molar-refractivity contribution is 0.386. The van der Waals surface area contributed by atoms with Crippen LogP contribution in [0.3, 0.4) is 0 Å². The number of likely N-dealkylation sites (N-methyl/N-ethyl adjacent to an activating group) is 1. The fourth-order valence-corrected chi connectivity index (χ4v) is 2.04. The monoisotopic (exact) mass is 243 g/mol. The molecule has 0 fully saturated rings. The van der Waals surface area contributed by atoms with Crippen molar-refractivity contribution in [3.63, 3.8) is 0 Å². The minimum atomic E-state index is 1.02. The highest BCUT2D eigenvalue weighted by molar-refractivity contribution is 5.41. The highest BCUT2D eigenvalue weighted by atomic mass is 15.1. The van der Waals surface area contributed by atoms with Crippen molar-refractivity contribution in [2.45, 2.75) is 27.2 Å². The van der Waals surface area contributed by atoms with E-state index in [0.717, 1.165) is 25.1 Å². The fourth-order valence-electron chi connectivity index (χ4n) is 2.04. The number of hydrogen-bond donors (Lipinski definition) is 0. The second kappa shape index (κ2) is 7.17. The van der Waals surface area contributed by atoms with Crippen LogP contribution in [0.15, 0.2) is 59.3 Å². The molecule has 1 aliphatic carbocycles. The summed E-state index contributed by atoms with van der Waals surface area (Å²) < 4.78 is 0. The Balaban J connectivity index is 2.77. The largest absolute Gasteiger partial charge is 0.302 e. The normalized spacial score (nSPS) is 18.4. The Morgan fingerprint density at radius 3 is 2.78 bits per heavy atom. The van der Waals surface area contributed by atoms with Gasteiger partial charge in [0.1, 0.15) is 0 Å². The molecule has 0 aliphatic heterocycles. The van der Waals surface area contributed by atoms with Crippen molar-refractivity contribution in [2.24, 2.45) is 0 Å². The van der Waals surface area contributed by atoms with E-state index in [9.17, 15) is 0 Å². The summed E-state index contributed by atoms with van der Waals surface area (Å²) in [6.45, 7) is 12.4. The molecular weight excluding hydrogens is 218 g/mol. The zero-order valence-electron chi connectivity index (χ0n) is 12.2. The molecule has 0 atom stereocenters. The fraction of sp³-hybridized carbons (Fsp3) is 0.412. The van der Waals surface area contributed by atoms with Crippen LogP contribution >= 0.6 is 0 Å². The Kier molecular flexibility index (Phi) is 5.87. The molecular formula is C17H25N. The van der Waals surface area contributed by atoms with Gasteiger partial charge in [-0.3, -0.25) is 0 Å². The average Bonchev–Trinajstić information content (AvgIpc) is 2.28. The Labute approximate surface area is 112 Å². The molecule has 1 heteroatoms. The van der Waals surface area contributed by atoms with Crippen molar-refractivity contribution in [3.8, 4) is 0 Å². The number of rotatable bonds is 5. The maximum Gasteiger partial charge on any atom is 0.0230 e. The lowest BCUT2D eigenvalue weighted by Crippen LogP contribution is -2.20. The predicted molar refractivity (Wildman–Crippen MR) is 81.7 cm³/mol. The molecule has 1 rings (SSSR count). The van der Waals surface area contributed by atoms with Gasteiger partial charge in [-0.25, -0.2) is 0 Å². The minimum Gasteiger partial charge on any atom is -0.302 e. The Morgan fingerprint density at radius 2 is 2.17 bits per heavy atom. The standard InChI is InChI=1S/C17H25N/c1-6-18(5)13-17-9-7-8-16(12-17)11-15(4)10-14(2)3/h7,9-12H,2,6,8,13H2,1,3-5H3/b15-10-,16-11-. The quantitative estimate of drug-likeness (QED) is 0.652. The highest BCUT2D eigenvalue weighted by Gasteiger charge is 2.04. The van der Waals surface area contributed by atoms with Gasteiger partial charge in [0.25, 0.3) is 0 Å². The molecule has 0 radical (unpaired) electrons. The molecule has 0 unspecified atom stereocenters. The van der Waals surface area contributed by atoms with Crippen LogP contribution in [0.4, 0.5) is 0 Å². The molecule has 98 valence electrons. The highest BCUT2D eigenvalue weighted by Crippen LogP contribution is 2.18. The summed E-state index contributed by atoms with van der Waals surface area (Å²) in [6, 6.07) is 0. The van der Waals surface area contributed by atoms with Gasteiger partial charge in [-0.1, -0.05) is 55.0 Å². The SMILES string of the molecule is C=C(C)/C=C(C)\C=C1/C=C(CN(C)CC)C=CC1. The van der Waals surface area contributed by atoms with Crippen molar-refractivity contribution in [1.82, 2.24) is 4.90 Å². The van der Waals surface area contributed by atoms with Crippen LogP contribution < -0.4 is 0 Å². The van der Waals surface area contributed by atoms with E-state index in [0.29, 0.717) is 0 Å². The van der Waals surface area contributed by atoms with Crippen LogP contribution in [-0.4, -0.2) is 25.0 Å². The second-order valence-electron chi connectivity index (χ2n) is 5.11. The zero-order chi connectivity index (χ0) is 13.5. The zero-order valence-corrected chi connectivity index (χ0v) is 12.2. The van der Waals surface area contributed by atoms with E-state index < -0.39 is 0 Å². The summed E-state index contributed by atoms with van der Waals surface area (Å²) >= 11 is 0. The molecule has 0 aromatic heterocycles. The molecule has 0 amide bonds. The van der Waals surface area contributed by atoms with Gasteiger partial charge in [-0.05, 0) is 45.0 Å². The van der Waals surface area contributed by atoms with Crippen LogP contribution in [0.5, 0.6) is 0 Å². The molecule has 0 saturated heterocycles. The van der Waals surface area contributed by atoms with E-state index in [2.05, 4.69) is 62.8 Å². The van der Waals surface area contributed by atoms with Crippen LogP contribution in [0.1, 0.15) is 27.2 Å². The van der Waals surface area contributed by atoms with Crippen LogP contribution in [0.25, 0.3) is 0 Å². The Morgan fingerprint density at radius 1 is 1.44 bits per heavy atom. The first-order valence-electron chi connectivity index (χ1n) is 6.61. The molecule has 0 aromatic carbocycles. The van der Waals surface area contributed by atoms with Gasteiger partial charge in [-0.2, -0.15) is 0 Å². The van der Waals surface area contributed by atoms with Crippen molar-refractivity contribution in [2.75, 3.05) is 20.1 Å². The first-order chi connectivity index (χ1) is 8.51. The molecule has 0 spiro atoms. The van der Waals surface area contributed by atoms with Crippen LogP contribution in [0.2, 0.25) is 0 Å². The maximum absolute atomic E-state index is 3.91. The third-order valence-electron chi connectivity index (χ3n) is 2.94. The molecule has 0 N–H and O–H groups in total. The number of nitrogens with zero attached hydrogens (tertiary/aromatic N) is 1. The number of hydrogen-bond acceptors (Lipinski definition) is 1. The summed E-state index contributed by atoms with van der Waals surface area (Å²) in [4.78, 5) is 2.32. The molecule has 0 saturated carbocycles. The molecule has 0 heterocycles. The molecule has 18 heavy (non-hydrogen) atoms. The number of allylic oxidation sites excluding steroid dienone is 7. The maximum atomic E-state index is 3.91. The van der Waals surface area contributed by atoms with E-state index in [4.69, 9.17) is 0 Å². The van der Waals surface area contributed by atoms with E-state index in [1.807, 2.05) is 6.92 Å². The van der Waals surface area contributed by atoms with Gasteiger partial charge in [0, 0.05) is 6.54 Å². The van der Waals surface area contributed by atoms with Crippen molar-refractivity contribution in [1.29, 1.82) is 0 Å². The lowest BCUT2D eigenvalue weighted by atomic mass is 9.99. The first kappa shape index (κ1) is 14.7. The van der Waals surface area contributed by atoms with Crippen molar-refractivity contribution < 1.29 is 0 Å². The summed E-state index contributed by atoms with van der Waals surface area (Å²) in [6.07, 6.45) is 12.2. The molecule has 1 nitrogen and oxygen atoms in total. The van der Waals surface area contributed by atoms with Gasteiger partial charge in [0.15, 0.2) is 0 Å². The van der Waals surface area contributed by atoms with Crippen LogP contribution in [0, 0.1) is 0 Å². The third kappa shape index (κ3) is 5.33. The van der Waals surface area contributed by atoms with Gasteiger partial charge in [0.2, 0.25) is 0 Å². The van der Waals surface area contributed by atoms with E-state index in [1.54, 1.807) is 0 Å². The molecule has 1 aliphatic rings. The van der Waals surface area contributed by atoms with Crippen LogP contribution in [-0.2, 0) is 0 Å².